The zero-order valence-electron chi connectivity index (χ0n) is 9.80. The molecule has 0 saturated heterocycles. The maximum atomic E-state index is 13.6. The molecule has 18 heavy (non-hydrogen) atoms. The van der Waals surface area contributed by atoms with Crippen molar-refractivity contribution in [1.82, 2.24) is 0 Å². The van der Waals surface area contributed by atoms with Crippen LogP contribution in [0.25, 0.3) is 0 Å². The van der Waals surface area contributed by atoms with Crippen molar-refractivity contribution < 1.29 is 14.2 Å². The molecule has 0 amide bonds. The van der Waals surface area contributed by atoms with E-state index in [1.807, 2.05) is 0 Å². The number of aromatic hydroxyl groups is 1. The molecule has 2 aromatic carbocycles. The van der Waals surface area contributed by atoms with Crippen LogP contribution < -0.4 is 4.74 Å². The Bertz CT molecular complexity index is 582. The lowest BCUT2D eigenvalue weighted by Crippen LogP contribution is -1.94. The van der Waals surface area contributed by atoms with Gasteiger partial charge in [-0.2, -0.15) is 0 Å². The molecule has 3 nitrogen and oxygen atoms in total. The summed E-state index contributed by atoms with van der Waals surface area (Å²) in [5, 5.41) is 9.55. The molecule has 0 bridgehead atoms. The number of halogens is 1. The molecule has 4 heteroatoms. The first-order valence-electron chi connectivity index (χ1n) is 5.37. The quantitative estimate of drug-likeness (QED) is 0.843. The largest absolute Gasteiger partial charge is 0.506 e. The molecule has 0 spiro atoms. The number of hydrogen-bond donors (Lipinski definition) is 1. The van der Waals surface area contributed by atoms with E-state index in [9.17, 15) is 9.50 Å². The summed E-state index contributed by atoms with van der Waals surface area (Å²) in [6.07, 6.45) is 1.34. The molecule has 0 aliphatic carbocycles. The Morgan fingerprint density at radius 2 is 1.94 bits per heavy atom. The van der Waals surface area contributed by atoms with E-state index < -0.39 is 5.82 Å². The Morgan fingerprint density at radius 1 is 1.17 bits per heavy atom. The summed E-state index contributed by atoms with van der Waals surface area (Å²) in [6, 6.07) is 11.1. The Hall–Kier alpha value is -2.36. The monoisotopic (exact) mass is 245 g/mol. The standard InChI is InChI=1S/C14H12FNO2/c1-18-14-8-4-5-11(15)10(14)9-16-12-6-2-3-7-13(12)17/h2-9,17H,1H3/b16-9+. The Balaban J connectivity index is 2.38. The molecule has 0 atom stereocenters. The number of nitrogens with zero attached hydrogens (tertiary/aromatic N) is 1. The van der Waals surface area contributed by atoms with Gasteiger partial charge in [-0.25, -0.2) is 4.39 Å². The molecular formula is C14H12FNO2. The van der Waals surface area contributed by atoms with E-state index >= 15 is 0 Å². The van der Waals surface area contributed by atoms with Gasteiger partial charge in [-0.3, -0.25) is 4.99 Å². The van der Waals surface area contributed by atoms with Crippen LogP contribution >= 0.6 is 0 Å². The van der Waals surface area contributed by atoms with Crippen LogP contribution in [0.4, 0.5) is 10.1 Å². The molecule has 0 aliphatic heterocycles. The molecule has 2 aromatic rings. The molecule has 0 fully saturated rings. The summed E-state index contributed by atoms with van der Waals surface area (Å²) < 4.78 is 18.7. The highest BCUT2D eigenvalue weighted by Crippen LogP contribution is 2.26. The number of hydrogen-bond acceptors (Lipinski definition) is 3. The minimum atomic E-state index is -0.423. The molecule has 2 rings (SSSR count). The summed E-state index contributed by atoms with van der Waals surface area (Å²) in [5.41, 5.74) is 0.631. The minimum Gasteiger partial charge on any atom is -0.506 e. The third-order valence-corrected chi connectivity index (χ3v) is 2.45. The van der Waals surface area contributed by atoms with E-state index in [1.54, 1.807) is 30.3 Å². The smallest absolute Gasteiger partial charge is 0.141 e. The molecule has 0 aromatic heterocycles. The van der Waals surface area contributed by atoms with Crippen LogP contribution in [0.3, 0.4) is 0 Å². The third-order valence-electron chi connectivity index (χ3n) is 2.45. The number of rotatable bonds is 3. The van der Waals surface area contributed by atoms with Crippen LogP contribution in [0.2, 0.25) is 0 Å². The first kappa shape index (κ1) is 12.1. The summed E-state index contributed by atoms with van der Waals surface area (Å²) >= 11 is 0. The van der Waals surface area contributed by atoms with E-state index in [0.29, 0.717) is 11.4 Å². The van der Waals surface area contributed by atoms with E-state index in [-0.39, 0.29) is 11.3 Å². The molecule has 92 valence electrons. The van der Waals surface area contributed by atoms with Gasteiger partial charge in [-0.05, 0) is 24.3 Å². The van der Waals surface area contributed by atoms with Crippen molar-refractivity contribution in [3.8, 4) is 11.5 Å². The zero-order chi connectivity index (χ0) is 13.0. The van der Waals surface area contributed by atoms with Crippen LogP contribution in [0.15, 0.2) is 47.5 Å². The highest BCUT2D eigenvalue weighted by molar-refractivity contribution is 5.86. The molecule has 0 aliphatic rings. The second kappa shape index (κ2) is 5.31. The van der Waals surface area contributed by atoms with Crippen LogP contribution in [0, 0.1) is 5.82 Å². The van der Waals surface area contributed by atoms with Gasteiger partial charge in [0.05, 0.1) is 12.7 Å². The normalized spacial score (nSPS) is 10.8. The number of benzene rings is 2. The van der Waals surface area contributed by atoms with Crippen LogP contribution in [-0.4, -0.2) is 18.4 Å². The third kappa shape index (κ3) is 2.48. The lowest BCUT2D eigenvalue weighted by Gasteiger charge is -2.04. The number of para-hydroxylation sites is 2. The number of aliphatic imine (C=N–C) groups is 1. The summed E-state index contributed by atoms with van der Waals surface area (Å²) in [5.74, 6) is 0.0201. The van der Waals surface area contributed by atoms with Gasteiger partial charge < -0.3 is 9.84 Å². The maximum Gasteiger partial charge on any atom is 0.141 e. The summed E-state index contributed by atoms with van der Waals surface area (Å²) in [4.78, 5) is 4.05. The average Bonchev–Trinajstić information content (AvgIpc) is 2.39. The maximum absolute atomic E-state index is 13.6. The van der Waals surface area contributed by atoms with E-state index in [2.05, 4.69) is 4.99 Å². The highest BCUT2D eigenvalue weighted by atomic mass is 19.1. The van der Waals surface area contributed by atoms with Gasteiger partial charge in [0.2, 0.25) is 0 Å². The van der Waals surface area contributed by atoms with Gasteiger partial charge in [-0.1, -0.05) is 18.2 Å². The molecule has 0 unspecified atom stereocenters. The fraction of sp³-hybridized carbons (Fsp3) is 0.0714. The van der Waals surface area contributed by atoms with Crippen molar-refractivity contribution in [3.63, 3.8) is 0 Å². The van der Waals surface area contributed by atoms with Gasteiger partial charge in [0, 0.05) is 6.21 Å². The van der Waals surface area contributed by atoms with Crippen LogP contribution in [-0.2, 0) is 0 Å². The van der Waals surface area contributed by atoms with Crippen molar-refractivity contribution >= 4 is 11.9 Å². The molecule has 1 N–H and O–H groups in total. The Morgan fingerprint density at radius 3 is 2.67 bits per heavy atom. The van der Waals surface area contributed by atoms with Crippen molar-refractivity contribution in [2.45, 2.75) is 0 Å². The minimum absolute atomic E-state index is 0.0454. The molecule has 0 saturated carbocycles. The van der Waals surface area contributed by atoms with Crippen molar-refractivity contribution in [2.24, 2.45) is 4.99 Å². The predicted octanol–water partition coefficient (Wildman–Crippen LogP) is 3.29. The van der Waals surface area contributed by atoms with Crippen LogP contribution in [0.1, 0.15) is 5.56 Å². The second-order valence-corrected chi connectivity index (χ2v) is 3.60. The van der Waals surface area contributed by atoms with Gasteiger partial charge >= 0.3 is 0 Å². The molecule has 0 radical (unpaired) electrons. The number of phenolic OH excluding ortho intramolecular Hbond substituents is 1. The van der Waals surface area contributed by atoms with Gasteiger partial charge in [0.25, 0.3) is 0 Å². The number of ether oxygens (including phenoxy) is 1. The van der Waals surface area contributed by atoms with E-state index in [0.717, 1.165) is 0 Å². The van der Waals surface area contributed by atoms with Crippen LogP contribution in [0.5, 0.6) is 11.5 Å². The summed E-state index contributed by atoms with van der Waals surface area (Å²) in [6.45, 7) is 0. The zero-order valence-corrected chi connectivity index (χ0v) is 9.80. The van der Waals surface area contributed by atoms with E-state index in [1.165, 1.54) is 25.5 Å². The van der Waals surface area contributed by atoms with Crippen molar-refractivity contribution in [3.05, 3.63) is 53.8 Å². The first-order chi connectivity index (χ1) is 8.72. The average molecular weight is 245 g/mol. The fourth-order valence-corrected chi connectivity index (χ4v) is 1.53. The topological polar surface area (TPSA) is 41.8 Å². The van der Waals surface area contributed by atoms with Gasteiger partial charge in [0.15, 0.2) is 0 Å². The van der Waals surface area contributed by atoms with Crippen molar-refractivity contribution in [2.75, 3.05) is 7.11 Å². The predicted molar refractivity (Wildman–Crippen MR) is 68.3 cm³/mol. The van der Waals surface area contributed by atoms with E-state index in [4.69, 9.17) is 4.74 Å². The number of methoxy groups -OCH3 is 1. The van der Waals surface area contributed by atoms with Crippen molar-refractivity contribution in [1.29, 1.82) is 0 Å². The number of phenols is 1. The second-order valence-electron chi connectivity index (χ2n) is 3.60. The summed E-state index contributed by atoms with van der Waals surface area (Å²) in [7, 11) is 1.46. The van der Waals surface area contributed by atoms with Gasteiger partial charge in [0.1, 0.15) is 23.0 Å². The first-order valence-corrected chi connectivity index (χ1v) is 5.37. The lowest BCUT2D eigenvalue weighted by atomic mass is 10.2. The Labute approximate surface area is 104 Å². The van der Waals surface area contributed by atoms with Gasteiger partial charge in [-0.15, -0.1) is 0 Å². The Kier molecular flexibility index (Phi) is 3.57. The highest BCUT2D eigenvalue weighted by Gasteiger charge is 2.06. The fourth-order valence-electron chi connectivity index (χ4n) is 1.53. The molecular weight excluding hydrogens is 233 g/mol. The molecule has 0 heterocycles. The SMILES string of the molecule is COc1cccc(F)c1/C=N/c1ccccc1O. The lowest BCUT2D eigenvalue weighted by molar-refractivity contribution is 0.410.